The molecule has 0 aliphatic carbocycles. The van der Waals surface area contributed by atoms with Gasteiger partial charge in [0.05, 0.1) is 18.1 Å². The largest absolute Gasteiger partial charge is 0.379 e. The van der Waals surface area contributed by atoms with E-state index in [-0.39, 0.29) is 5.91 Å². The van der Waals surface area contributed by atoms with Crippen LogP contribution in [-0.4, -0.2) is 87.5 Å². The number of hydrogen-bond acceptors (Lipinski definition) is 5. The van der Waals surface area contributed by atoms with E-state index in [9.17, 15) is 13.2 Å². The summed E-state index contributed by atoms with van der Waals surface area (Å²) in [6.45, 7) is 7.77. The van der Waals surface area contributed by atoms with Gasteiger partial charge in [-0.1, -0.05) is 25.0 Å². The molecule has 3 fully saturated rings. The highest BCUT2D eigenvalue weighted by Gasteiger charge is 2.26. The lowest BCUT2D eigenvalue weighted by molar-refractivity contribution is -0.132. The van der Waals surface area contributed by atoms with Crippen molar-refractivity contribution in [3.8, 4) is 0 Å². The molecule has 0 aromatic heterocycles. The Kier molecular flexibility index (Phi) is 8.79. The Hall–Kier alpha value is -1.48. The van der Waals surface area contributed by atoms with Gasteiger partial charge in [-0.25, -0.2) is 8.42 Å². The average Bonchev–Trinajstić information content (AvgIpc) is 3.14. The van der Waals surface area contributed by atoms with E-state index in [0.29, 0.717) is 36.7 Å². The molecule has 4 rings (SSSR count). The van der Waals surface area contributed by atoms with Crippen LogP contribution in [0.1, 0.15) is 50.5 Å². The van der Waals surface area contributed by atoms with Gasteiger partial charge in [-0.15, -0.1) is 0 Å². The molecule has 3 aliphatic rings. The summed E-state index contributed by atoms with van der Waals surface area (Å²) in [5.41, 5.74) is 1.01. The average molecular weight is 478 g/mol. The fourth-order valence-electron chi connectivity index (χ4n) is 5.18. The Morgan fingerprint density at radius 2 is 1.52 bits per heavy atom. The minimum absolute atomic E-state index is 0.209. The normalized spacial score (nSPS) is 22.2. The summed E-state index contributed by atoms with van der Waals surface area (Å²) in [5.74, 6) is 0.881. The number of nitrogens with zero attached hydrogens (tertiary/aromatic N) is 3. The summed E-state index contributed by atoms with van der Waals surface area (Å²) in [6, 6.07) is 7.15. The maximum atomic E-state index is 12.9. The zero-order valence-corrected chi connectivity index (χ0v) is 20.6. The van der Waals surface area contributed by atoms with Gasteiger partial charge in [-0.2, -0.15) is 4.31 Å². The van der Waals surface area contributed by atoms with Gasteiger partial charge in [0.15, 0.2) is 0 Å². The first-order valence-corrected chi connectivity index (χ1v) is 14.1. The second-order valence-corrected chi connectivity index (χ2v) is 11.6. The number of ether oxygens (including phenoxy) is 1. The highest BCUT2D eigenvalue weighted by molar-refractivity contribution is 7.89. The predicted octanol–water partition coefficient (Wildman–Crippen LogP) is 2.75. The van der Waals surface area contributed by atoms with Crippen LogP contribution in [0, 0.1) is 5.92 Å². The molecule has 0 unspecified atom stereocenters. The molecule has 184 valence electrons. The van der Waals surface area contributed by atoms with Crippen molar-refractivity contribution in [3.63, 3.8) is 0 Å². The number of morpholine rings is 1. The number of amides is 1. The molecule has 1 aromatic carbocycles. The lowest BCUT2D eigenvalue weighted by Crippen LogP contribution is -2.44. The number of rotatable bonds is 7. The summed E-state index contributed by atoms with van der Waals surface area (Å²) in [4.78, 5) is 17.6. The van der Waals surface area contributed by atoms with Crippen molar-refractivity contribution in [1.82, 2.24) is 14.1 Å². The third-order valence-electron chi connectivity index (χ3n) is 7.34. The molecular weight excluding hydrogens is 438 g/mol. The summed E-state index contributed by atoms with van der Waals surface area (Å²) in [7, 11) is -3.42. The smallest absolute Gasteiger partial charge is 0.243 e. The lowest BCUT2D eigenvalue weighted by Gasteiger charge is -2.36. The first-order chi connectivity index (χ1) is 16.0. The van der Waals surface area contributed by atoms with E-state index >= 15 is 0 Å². The number of sulfonamides is 1. The molecule has 3 saturated heterocycles. The number of aryl methyl sites for hydroxylation is 1. The van der Waals surface area contributed by atoms with Gasteiger partial charge in [0, 0.05) is 52.2 Å². The van der Waals surface area contributed by atoms with Gasteiger partial charge in [-0.05, 0) is 55.7 Å². The molecular formula is C25H39N3O4S. The van der Waals surface area contributed by atoms with Crippen molar-refractivity contribution in [2.45, 2.75) is 56.3 Å². The van der Waals surface area contributed by atoms with Crippen LogP contribution in [0.2, 0.25) is 0 Å². The lowest BCUT2D eigenvalue weighted by atomic mass is 9.95. The number of hydrogen-bond donors (Lipinski definition) is 0. The van der Waals surface area contributed by atoms with Gasteiger partial charge in [0.25, 0.3) is 0 Å². The topological polar surface area (TPSA) is 70.2 Å². The van der Waals surface area contributed by atoms with Crippen LogP contribution in [-0.2, 0) is 26.0 Å². The van der Waals surface area contributed by atoms with E-state index in [1.807, 2.05) is 17.0 Å². The summed E-state index contributed by atoms with van der Waals surface area (Å²) in [6.07, 6.45) is 7.35. The first kappa shape index (κ1) is 24.6. The molecule has 33 heavy (non-hydrogen) atoms. The van der Waals surface area contributed by atoms with E-state index in [1.54, 1.807) is 16.4 Å². The molecule has 8 heteroatoms. The first-order valence-electron chi connectivity index (χ1n) is 12.7. The molecule has 3 aliphatic heterocycles. The van der Waals surface area contributed by atoms with Gasteiger partial charge in [-0.3, -0.25) is 9.69 Å². The molecule has 0 atom stereocenters. The van der Waals surface area contributed by atoms with Crippen LogP contribution in [0.15, 0.2) is 29.2 Å². The zero-order valence-electron chi connectivity index (χ0n) is 19.8. The minimum atomic E-state index is -3.42. The number of likely N-dealkylation sites (tertiary alicyclic amines) is 1. The quantitative estimate of drug-likeness (QED) is 0.604. The predicted molar refractivity (Wildman–Crippen MR) is 129 cm³/mol. The summed E-state index contributed by atoms with van der Waals surface area (Å²) in [5, 5.41) is 0. The van der Waals surface area contributed by atoms with Crippen molar-refractivity contribution in [3.05, 3.63) is 29.8 Å². The molecule has 3 heterocycles. The third kappa shape index (κ3) is 6.78. The Labute approximate surface area is 199 Å². The molecule has 0 saturated carbocycles. The Morgan fingerprint density at radius 1 is 0.879 bits per heavy atom. The molecule has 1 aromatic rings. The number of carbonyl (C=O) groups is 1. The van der Waals surface area contributed by atoms with Crippen molar-refractivity contribution in [2.75, 3.05) is 59.0 Å². The van der Waals surface area contributed by atoms with Crippen LogP contribution >= 0.6 is 0 Å². The SMILES string of the molecule is O=C(CCc1ccc(S(=O)(=O)N2CCCCCC2)cc1)N1CCC(CN2CCOCC2)CC1. The maximum absolute atomic E-state index is 12.9. The molecule has 0 spiro atoms. The minimum Gasteiger partial charge on any atom is -0.379 e. The van der Waals surface area contributed by atoms with E-state index < -0.39 is 10.0 Å². The number of benzene rings is 1. The van der Waals surface area contributed by atoms with Gasteiger partial charge in [0.2, 0.25) is 15.9 Å². The van der Waals surface area contributed by atoms with Gasteiger partial charge >= 0.3 is 0 Å². The fraction of sp³-hybridized carbons (Fsp3) is 0.720. The van der Waals surface area contributed by atoms with E-state index in [1.165, 1.54) is 0 Å². The monoisotopic (exact) mass is 477 g/mol. The molecule has 0 bridgehead atoms. The summed E-state index contributed by atoms with van der Waals surface area (Å²) < 4.78 is 32.9. The number of carbonyl (C=O) groups excluding carboxylic acids is 1. The number of piperidine rings is 1. The van der Waals surface area contributed by atoms with Crippen LogP contribution in [0.25, 0.3) is 0 Å². The van der Waals surface area contributed by atoms with E-state index in [4.69, 9.17) is 4.74 Å². The standard InChI is InChI=1S/C25H39N3O4S/c29-25(27-15-11-23(12-16-27)21-26-17-19-32-20-18-26)10-7-22-5-8-24(9-6-22)33(30,31)28-13-3-1-2-4-14-28/h5-6,8-9,23H,1-4,7,10-21H2. The molecule has 0 N–H and O–H groups in total. The second-order valence-electron chi connectivity index (χ2n) is 9.70. The highest BCUT2D eigenvalue weighted by Crippen LogP contribution is 2.22. The zero-order chi connectivity index (χ0) is 23.1. The summed E-state index contributed by atoms with van der Waals surface area (Å²) >= 11 is 0. The molecule has 7 nitrogen and oxygen atoms in total. The van der Waals surface area contributed by atoms with Gasteiger partial charge in [0.1, 0.15) is 0 Å². The van der Waals surface area contributed by atoms with Crippen molar-refractivity contribution in [2.24, 2.45) is 5.92 Å². The van der Waals surface area contributed by atoms with Crippen molar-refractivity contribution in [1.29, 1.82) is 0 Å². The van der Waals surface area contributed by atoms with Crippen LogP contribution < -0.4 is 0 Å². The van der Waals surface area contributed by atoms with E-state index in [0.717, 1.165) is 90.0 Å². The van der Waals surface area contributed by atoms with Crippen LogP contribution in [0.3, 0.4) is 0 Å². The second kappa shape index (κ2) is 11.8. The Bertz CT molecular complexity index is 852. The Balaban J connectivity index is 1.22. The third-order valence-corrected chi connectivity index (χ3v) is 9.25. The van der Waals surface area contributed by atoms with Crippen molar-refractivity contribution >= 4 is 15.9 Å². The van der Waals surface area contributed by atoms with E-state index in [2.05, 4.69) is 4.90 Å². The van der Waals surface area contributed by atoms with Crippen LogP contribution in [0.5, 0.6) is 0 Å². The highest BCUT2D eigenvalue weighted by atomic mass is 32.2. The fourth-order valence-corrected chi connectivity index (χ4v) is 6.70. The maximum Gasteiger partial charge on any atom is 0.243 e. The molecule has 0 radical (unpaired) electrons. The van der Waals surface area contributed by atoms with Gasteiger partial charge < -0.3 is 9.64 Å². The Morgan fingerprint density at radius 3 is 2.15 bits per heavy atom. The van der Waals surface area contributed by atoms with Crippen molar-refractivity contribution < 1.29 is 17.9 Å². The molecule has 1 amide bonds. The van der Waals surface area contributed by atoms with Crippen LogP contribution in [0.4, 0.5) is 0 Å².